The first kappa shape index (κ1) is 19.8. The molecule has 3 rings (SSSR count). The number of anilines is 2. The molecule has 9 heteroatoms. The van der Waals surface area contributed by atoms with Crippen molar-refractivity contribution in [3.8, 4) is 0 Å². The number of rotatable bonds is 7. The molecule has 1 aromatic heterocycles. The molecule has 148 valence electrons. The number of furan rings is 1. The SMILES string of the molecule is CSCC[C@H](NC(=O)N1CC(=O)Nc2ccccc21)C(=O)NCc1ccco1. The Morgan fingerprint density at radius 2 is 2.11 bits per heavy atom. The lowest BCUT2D eigenvalue weighted by atomic mass is 10.2. The molecule has 0 saturated carbocycles. The van der Waals surface area contributed by atoms with Crippen LogP contribution in [-0.2, 0) is 16.1 Å². The molecule has 2 aromatic rings. The second-order valence-electron chi connectivity index (χ2n) is 6.23. The molecular weight excluding hydrogens is 380 g/mol. The average Bonchev–Trinajstić information content (AvgIpc) is 3.22. The molecule has 0 saturated heterocycles. The van der Waals surface area contributed by atoms with E-state index in [1.807, 2.05) is 6.26 Å². The molecule has 0 unspecified atom stereocenters. The largest absolute Gasteiger partial charge is 0.467 e. The van der Waals surface area contributed by atoms with Crippen molar-refractivity contribution < 1.29 is 18.8 Å². The van der Waals surface area contributed by atoms with Gasteiger partial charge < -0.3 is 20.4 Å². The fourth-order valence-corrected chi connectivity index (χ4v) is 3.33. The van der Waals surface area contributed by atoms with E-state index in [1.165, 1.54) is 11.2 Å². The summed E-state index contributed by atoms with van der Waals surface area (Å²) < 4.78 is 5.21. The standard InChI is InChI=1S/C19H22N4O4S/c1-28-10-8-15(18(25)20-11-13-5-4-9-27-13)22-19(26)23-12-17(24)21-14-6-2-3-7-16(14)23/h2-7,9,15H,8,10-12H2,1H3,(H,20,25)(H,21,24)(H,22,26)/t15-/m0/s1. The van der Waals surface area contributed by atoms with Gasteiger partial charge in [-0.2, -0.15) is 11.8 Å². The monoisotopic (exact) mass is 402 g/mol. The number of nitrogens with one attached hydrogen (secondary N) is 3. The molecule has 0 aliphatic carbocycles. The molecule has 1 aromatic carbocycles. The fourth-order valence-electron chi connectivity index (χ4n) is 2.86. The van der Waals surface area contributed by atoms with E-state index in [1.54, 1.807) is 48.2 Å². The summed E-state index contributed by atoms with van der Waals surface area (Å²) in [6.45, 7) is 0.137. The summed E-state index contributed by atoms with van der Waals surface area (Å²) in [6, 6.07) is 9.36. The van der Waals surface area contributed by atoms with Crippen LogP contribution in [0.5, 0.6) is 0 Å². The highest BCUT2D eigenvalue weighted by atomic mass is 32.2. The minimum Gasteiger partial charge on any atom is -0.467 e. The van der Waals surface area contributed by atoms with E-state index in [2.05, 4.69) is 16.0 Å². The molecular formula is C19H22N4O4S. The van der Waals surface area contributed by atoms with Crippen molar-refractivity contribution in [2.45, 2.75) is 19.0 Å². The Kier molecular flexibility index (Phi) is 6.59. The van der Waals surface area contributed by atoms with Crippen LogP contribution in [0.4, 0.5) is 16.2 Å². The predicted octanol–water partition coefficient (Wildman–Crippen LogP) is 2.19. The topological polar surface area (TPSA) is 104 Å². The van der Waals surface area contributed by atoms with Crippen LogP contribution in [0.25, 0.3) is 0 Å². The van der Waals surface area contributed by atoms with Crippen molar-refractivity contribution in [3.05, 3.63) is 48.4 Å². The van der Waals surface area contributed by atoms with Gasteiger partial charge in [0, 0.05) is 0 Å². The third kappa shape index (κ3) is 4.86. The van der Waals surface area contributed by atoms with Gasteiger partial charge >= 0.3 is 6.03 Å². The Hall–Kier alpha value is -2.94. The Morgan fingerprint density at radius 1 is 1.29 bits per heavy atom. The number of carbonyl (C=O) groups excluding carboxylic acids is 3. The molecule has 4 amide bonds. The zero-order valence-corrected chi connectivity index (χ0v) is 16.3. The highest BCUT2D eigenvalue weighted by Gasteiger charge is 2.29. The highest BCUT2D eigenvalue weighted by Crippen LogP contribution is 2.28. The Morgan fingerprint density at radius 3 is 2.86 bits per heavy atom. The molecule has 0 bridgehead atoms. The van der Waals surface area contributed by atoms with Crippen molar-refractivity contribution in [3.63, 3.8) is 0 Å². The number of nitrogens with zero attached hydrogens (tertiary/aromatic N) is 1. The van der Waals surface area contributed by atoms with Crippen LogP contribution in [0, 0.1) is 0 Å². The van der Waals surface area contributed by atoms with Gasteiger partial charge in [-0.3, -0.25) is 14.5 Å². The van der Waals surface area contributed by atoms with E-state index in [0.717, 1.165) is 0 Å². The molecule has 0 fully saturated rings. The predicted molar refractivity (Wildman–Crippen MR) is 108 cm³/mol. The minimum absolute atomic E-state index is 0.105. The molecule has 8 nitrogen and oxygen atoms in total. The van der Waals surface area contributed by atoms with Crippen LogP contribution >= 0.6 is 11.8 Å². The lowest BCUT2D eigenvalue weighted by molar-refractivity contribution is -0.123. The van der Waals surface area contributed by atoms with Crippen molar-refractivity contribution in [2.75, 3.05) is 28.8 Å². The molecule has 1 atom stereocenters. The zero-order chi connectivity index (χ0) is 19.9. The summed E-state index contributed by atoms with van der Waals surface area (Å²) in [5, 5.41) is 8.28. The summed E-state index contributed by atoms with van der Waals surface area (Å²) in [7, 11) is 0. The number of carbonyl (C=O) groups is 3. The molecule has 1 aliphatic rings. The molecule has 1 aliphatic heterocycles. The van der Waals surface area contributed by atoms with E-state index in [4.69, 9.17) is 4.42 Å². The molecule has 0 spiro atoms. The van der Waals surface area contributed by atoms with Crippen LogP contribution in [0.2, 0.25) is 0 Å². The maximum absolute atomic E-state index is 12.8. The van der Waals surface area contributed by atoms with Crippen molar-refractivity contribution >= 4 is 41.0 Å². The van der Waals surface area contributed by atoms with Gasteiger partial charge in [-0.25, -0.2) is 4.79 Å². The number of hydrogen-bond donors (Lipinski definition) is 3. The maximum Gasteiger partial charge on any atom is 0.323 e. The third-order valence-electron chi connectivity index (χ3n) is 4.26. The van der Waals surface area contributed by atoms with Gasteiger partial charge in [0.2, 0.25) is 11.8 Å². The lowest BCUT2D eigenvalue weighted by Gasteiger charge is -2.30. The summed E-state index contributed by atoms with van der Waals surface area (Å²) in [6.07, 6.45) is 3.94. The maximum atomic E-state index is 12.8. The number of urea groups is 1. The normalized spacial score (nSPS) is 14.0. The van der Waals surface area contributed by atoms with Crippen LogP contribution in [0.15, 0.2) is 47.1 Å². The van der Waals surface area contributed by atoms with E-state index in [9.17, 15) is 14.4 Å². The number of benzene rings is 1. The molecule has 3 N–H and O–H groups in total. The lowest BCUT2D eigenvalue weighted by Crippen LogP contribution is -2.54. The first-order valence-electron chi connectivity index (χ1n) is 8.84. The van der Waals surface area contributed by atoms with Gasteiger partial charge in [0.05, 0.1) is 24.2 Å². The average molecular weight is 402 g/mol. The van der Waals surface area contributed by atoms with Gasteiger partial charge in [0.25, 0.3) is 0 Å². The van der Waals surface area contributed by atoms with Gasteiger partial charge in [0.15, 0.2) is 0 Å². The van der Waals surface area contributed by atoms with Crippen LogP contribution in [0.1, 0.15) is 12.2 Å². The zero-order valence-electron chi connectivity index (χ0n) is 15.4. The first-order valence-corrected chi connectivity index (χ1v) is 10.2. The highest BCUT2D eigenvalue weighted by molar-refractivity contribution is 7.98. The second kappa shape index (κ2) is 9.32. The summed E-state index contributed by atoms with van der Waals surface area (Å²) >= 11 is 1.59. The number of fused-ring (bicyclic) bond motifs is 1. The van der Waals surface area contributed by atoms with E-state index in [-0.39, 0.29) is 24.9 Å². The third-order valence-corrected chi connectivity index (χ3v) is 4.90. The minimum atomic E-state index is -0.716. The molecule has 0 radical (unpaired) electrons. The van der Waals surface area contributed by atoms with E-state index in [0.29, 0.717) is 29.3 Å². The van der Waals surface area contributed by atoms with Gasteiger partial charge in [-0.05, 0) is 42.7 Å². The molecule has 2 heterocycles. The Labute approximate surface area is 167 Å². The van der Waals surface area contributed by atoms with Crippen molar-refractivity contribution in [2.24, 2.45) is 0 Å². The van der Waals surface area contributed by atoms with Crippen molar-refractivity contribution in [1.29, 1.82) is 0 Å². The van der Waals surface area contributed by atoms with Crippen LogP contribution < -0.4 is 20.9 Å². The second-order valence-corrected chi connectivity index (χ2v) is 7.22. The van der Waals surface area contributed by atoms with Crippen molar-refractivity contribution in [1.82, 2.24) is 10.6 Å². The summed E-state index contributed by atoms with van der Waals surface area (Å²) in [4.78, 5) is 38.7. The van der Waals surface area contributed by atoms with Gasteiger partial charge in [-0.1, -0.05) is 12.1 Å². The van der Waals surface area contributed by atoms with Gasteiger partial charge in [0.1, 0.15) is 18.3 Å². The Bertz CT molecular complexity index is 840. The van der Waals surface area contributed by atoms with E-state index < -0.39 is 12.1 Å². The van der Waals surface area contributed by atoms with Crippen LogP contribution in [-0.4, -0.2) is 42.4 Å². The van der Waals surface area contributed by atoms with Crippen LogP contribution in [0.3, 0.4) is 0 Å². The summed E-state index contributed by atoms with van der Waals surface area (Å²) in [5.41, 5.74) is 1.16. The quantitative estimate of drug-likeness (QED) is 0.659. The fraction of sp³-hybridized carbons (Fsp3) is 0.316. The summed E-state index contributed by atoms with van der Waals surface area (Å²) in [5.74, 6) is 0.756. The number of amides is 4. The number of thioether (sulfide) groups is 1. The number of hydrogen-bond acceptors (Lipinski definition) is 5. The molecule has 28 heavy (non-hydrogen) atoms. The van der Waals surface area contributed by atoms with Gasteiger partial charge in [-0.15, -0.1) is 0 Å². The number of para-hydroxylation sites is 2. The van der Waals surface area contributed by atoms with E-state index >= 15 is 0 Å². The first-order chi connectivity index (χ1) is 13.6. The smallest absolute Gasteiger partial charge is 0.323 e. The Balaban J connectivity index is 1.68.